The maximum atomic E-state index is 13.7. The van der Waals surface area contributed by atoms with Gasteiger partial charge in [0.25, 0.3) is 17.0 Å². The van der Waals surface area contributed by atoms with E-state index in [0.717, 1.165) is 79.4 Å². The third-order valence-electron chi connectivity index (χ3n) is 12.1. The topological polar surface area (TPSA) is 262 Å². The number of carboxylic acids is 1. The maximum absolute atomic E-state index is 13.7. The minimum Gasteiger partial charge on any atom is -0.478 e. The number of amides is 1. The molecule has 19 nitrogen and oxygen atoms in total. The van der Waals surface area contributed by atoms with Crippen LogP contribution in [0.1, 0.15) is 138 Å². The Balaban J connectivity index is 0.000000208. The van der Waals surface area contributed by atoms with Gasteiger partial charge in [-0.2, -0.15) is 0 Å². The predicted molar refractivity (Wildman–Crippen MR) is 265 cm³/mol. The Kier molecular flexibility index (Phi) is 16.8. The van der Waals surface area contributed by atoms with Gasteiger partial charge >= 0.3 is 5.97 Å². The van der Waals surface area contributed by atoms with Gasteiger partial charge in [0.15, 0.2) is 11.3 Å². The smallest absolute Gasteiger partial charge is 0.337 e. The van der Waals surface area contributed by atoms with Gasteiger partial charge in [0, 0.05) is 47.2 Å². The lowest BCUT2D eigenvalue weighted by Gasteiger charge is -2.35. The molecular formula is C47H64N10O9S2. The second-order valence-electron chi connectivity index (χ2n) is 17.1. The summed E-state index contributed by atoms with van der Waals surface area (Å²) in [4.78, 5) is 60.2. The molecule has 2 aliphatic rings. The third-order valence-corrected chi connectivity index (χ3v) is 13.2. The number of fused-ring (bicyclic) bond motifs is 2. The normalized spacial score (nSPS) is 16.2. The van der Waals surface area contributed by atoms with Crippen molar-refractivity contribution in [2.24, 2.45) is 0 Å². The van der Waals surface area contributed by atoms with Crippen LogP contribution in [-0.4, -0.2) is 93.5 Å². The molecule has 2 aliphatic heterocycles. The van der Waals surface area contributed by atoms with E-state index in [1.165, 1.54) is 29.5 Å². The van der Waals surface area contributed by atoms with Crippen LogP contribution in [0.15, 0.2) is 58.1 Å². The van der Waals surface area contributed by atoms with Crippen molar-refractivity contribution in [2.45, 2.75) is 112 Å². The standard InChI is InChI=1S/C23H29N5O4S.C13H18N4O.C10H13NO4S.CH4/c1-5-16-9-10-18(26-33(4,31)32)17(12-16)23(30)27-11-7-6-8-20(27)19-13-21-24-15(3)14(2)22(29)28(21)25-19;1-8-9(2)15-12-7-11(16-17(12)13(8)18)10-5-3-4-6-14-10;1-3-7-4-5-9(11-16(2,14)15)8(6-7)10(12)13;/h9-10,12-13,20,25-26H,5-8,11H2,1-4H3;7,10,14,16H,3-6H2,1-2H3;4-6,11H,3H2,1-2H3,(H,12,13);1H4/t20-;10-;;/m00../s1. The molecule has 0 unspecified atom stereocenters. The summed E-state index contributed by atoms with van der Waals surface area (Å²) in [6.07, 6.45) is 9.55. The Labute approximate surface area is 396 Å². The largest absolute Gasteiger partial charge is 0.478 e. The van der Waals surface area contributed by atoms with Crippen molar-refractivity contribution in [1.82, 2.24) is 39.4 Å². The number of aromatic carboxylic acids is 1. The molecule has 0 saturated carbocycles. The molecule has 368 valence electrons. The number of hydrogen-bond acceptors (Lipinski definition) is 11. The van der Waals surface area contributed by atoms with E-state index in [1.54, 1.807) is 41.5 Å². The molecule has 0 radical (unpaired) electrons. The Bertz CT molecular complexity index is 3170. The Morgan fingerprint density at radius 1 is 0.706 bits per heavy atom. The van der Waals surface area contributed by atoms with E-state index in [4.69, 9.17) is 5.11 Å². The van der Waals surface area contributed by atoms with E-state index in [2.05, 4.69) is 34.9 Å². The number of carbonyl (C=O) groups excluding carboxylic acids is 1. The average Bonchev–Trinajstić information content (AvgIpc) is 3.92. The fourth-order valence-electron chi connectivity index (χ4n) is 8.15. The molecule has 2 atom stereocenters. The summed E-state index contributed by atoms with van der Waals surface area (Å²) in [5, 5.41) is 18.7. The van der Waals surface area contributed by atoms with Gasteiger partial charge in [-0.25, -0.2) is 40.6 Å². The Morgan fingerprint density at radius 2 is 1.19 bits per heavy atom. The first-order chi connectivity index (χ1) is 31.6. The quantitative estimate of drug-likeness (QED) is 0.0878. The summed E-state index contributed by atoms with van der Waals surface area (Å²) in [5.74, 6) is -1.39. The second kappa shape index (κ2) is 21.8. The van der Waals surface area contributed by atoms with Crippen LogP contribution in [0.5, 0.6) is 0 Å². The van der Waals surface area contributed by atoms with Gasteiger partial charge < -0.3 is 15.3 Å². The molecule has 2 saturated heterocycles. The highest BCUT2D eigenvalue weighted by molar-refractivity contribution is 7.92. The molecule has 2 fully saturated rings. The molecule has 4 aromatic heterocycles. The van der Waals surface area contributed by atoms with Gasteiger partial charge in [-0.3, -0.25) is 34.0 Å². The number of nitrogens with one attached hydrogen (secondary N) is 5. The number of aromatic amines is 2. The highest BCUT2D eigenvalue weighted by atomic mass is 32.2. The number of anilines is 2. The Morgan fingerprint density at radius 3 is 1.68 bits per heavy atom. The lowest BCUT2D eigenvalue weighted by molar-refractivity contribution is 0.0606. The summed E-state index contributed by atoms with van der Waals surface area (Å²) in [6.45, 7) is 12.7. The van der Waals surface area contributed by atoms with E-state index in [1.807, 2.05) is 45.9 Å². The number of nitrogens with zero attached hydrogens (tertiary/aromatic N) is 5. The minimum atomic E-state index is -3.55. The molecule has 0 bridgehead atoms. The lowest BCUT2D eigenvalue weighted by Crippen LogP contribution is -2.39. The first-order valence-electron chi connectivity index (χ1n) is 22.3. The van der Waals surface area contributed by atoms with E-state index in [0.29, 0.717) is 52.7 Å². The van der Waals surface area contributed by atoms with E-state index in [9.17, 15) is 36.0 Å². The first-order valence-corrected chi connectivity index (χ1v) is 26.0. The summed E-state index contributed by atoms with van der Waals surface area (Å²) in [7, 11) is -7.02. The van der Waals surface area contributed by atoms with Gasteiger partial charge in [-0.1, -0.05) is 39.8 Å². The number of piperidine rings is 2. The number of aryl methyl sites for hydroxylation is 4. The highest BCUT2D eigenvalue weighted by Gasteiger charge is 2.32. The van der Waals surface area contributed by atoms with E-state index >= 15 is 0 Å². The maximum Gasteiger partial charge on any atom is 0.337 e. The summed E-state index contributed by atoms with van der Waals surface area (Å²) >= 11 is 0. The fourth-order valence-corrected chi connectivity index (χ4v) is 9.30. The lowest BCUT2D eigenvalue weighted by atomic mass is 9.97. The van der Waals surface area contributed by atoms with Crippen LogP contribution in [0.2, 0.25) is 0 Å². The van der Waals surface area contributed by atoms with Crippen molar-refractivity contribution in [3.05, 3.63) is 125 Å². The molecule has 8 rings (SSSR count). The third kappa shape index (κ3) is 12.4. The van der Waals surface area contributed by atoms with Gasteiger partial charge in [0.05, 0.1) is 52.4 Å². The molecule has 6 aromatic rings. The van der Waals surface area contributed by atoms with Gasteiger partial charge in [0.2, 0.25) is 20.0 Å². The van der Waals surface area contributed by atoms with Gasteiger partial charge in [-0.05, 0) is 115 Å². The van der Waals surface area contributed by atoms with Crippen LogP contribution in [0.25, 0.3) is 11.3 Å². The number of aromatic nitrogens is 6. The number of sulfonamides is 2. The summed E-state index contributed by atoms with van der Waals surface area (Å²) < 4.78 is 53.5. The fraction of sp³-hybridized carbons (Fsp3) is 0.447. The van der Waals surface area contributed by atoms with Gasteiger partial charge in [-0.15, -0.1) is 0 Å². The van der Waals surface area contributed by atoms with E-state index < -0.39 is 26.0 Å². The monoisotopic (exact) mass is 976 g/mol. The molecule has 6 N–H and O–H groups in total. The number of carbonyl (C=O) groups is 2. The summed E-state index contributed by atoms with van der Waals surface area (Å²) in [6, 6.07) is 13.7. The molecular weight excluding hydrogens is 913 g/mol. The van der Waals surface area contributed by atoms with Gasteiger partial charge in [0.1, 0.15) is 0 Å². The van der Waals surface area contributed by atoms with Crippen LogP contribution in [0, 0.1) is 27.7 Å². The van der Waals surface area contributed by atoms with Crippen LogP contribution < -0.4 is 25.9 Å². The number of H-pyrrole nitrogens is 2. The second-order valence-corrected chi connectivity index (χ2v) is 20.6. The summed E-state index contributed by atoms with van der Waals surface area (Å²) in [5.41, 5.74) is 8.06. The molecule has 0 aliphatic carbocycles. The predicted octanol–water partition coefficient (Wildman–Crippen LogP) is 6.35. The van der Waals surface area contributed by atoms with Crippen LogP contribution >= 0.6 is 0 Å². The minimum absolute atomic E-state index is 0. The first kappa shape index (κ1) is 52.6. The molecule has 6 heterocycles. The van der Waals surface area contributed by atoms with Crippen molar-refractivity contribution in [3.63, 3.8) is 0 Å². The number of likely N-dealkylation sites (tertiary alicyclic amines) is 1. The molecule has 21 heteroatoms. The van der Waals surface area contributed by atoms with Crippen molar-refractivity contribution in [1.29, 1.82) is 0 Å². The number of carboxylic acid groups (broad SMARTS) is 1. The SMILES string of the molecule is C.CCc1ccc(NS(C)(=O)=O)c(C(=O)N2CCCC[C@H]2c2cc3nc(C)c(C)c(=O)n3[nH]2)c1.CCc1ccc(NS(C)(=O)=O)c(C(=O)O)c1.Cc1nc2cc([C@@H]3CCCCN3)[nH]n2c(=O)c1C. The van der Waals surface area contributed by atoms with Crippen LogP contribution in [0.4, 0.5) is 11.4 Å². The van der Waals surface area contributed by atoms with Crippen LogP contribution in [0.3, 0.4) is 0 Å². The zero-order valence-electron chi connectivity index (χ0n) is 39.1. The van der Waals surface area contributed by atoms with Crippen molar-refractivity contribution in [2.75, 3.05) is 35.0 Å². The highest BCUT2D eigenvalue weighted by Crippen LogP contribution is 2.34. The Hall–Kier alpha value is -6.32. The number of rotatable bonds is 10. The van der Waals surface area contributed by atoms with Crippen molar-refractivity contribution >= 4 is 54.6 Å². The zero-order valence-corrected chi connectivity index (χ0v) is 40.7. The number of benzene rings is 2. The number of hydrogen-bond donors (Lipinski definition) is 6. The van der Waals surface area contributed by atoms with E-state index in [-0.39, 0.29) is 47.4 Å². The van der Waals surface area contributed by atoms with Crippen LogP contribution in [-0.2, 0) is 32.9 Å². The molecule has 0 spiro atoms. The molecule has 1 amide bonds. The van der Waals surface area contributed by atoms with Crippen molar-refractivity contribution in [3.8, 4) is 0 Å². The zero-order chi connectivity index (χ0) is 49.0. The molecule has 68 heavy (non-hydrogen) atoms. The van der Waals surface area contributed by atoms with Crippen molar-refractivity contribution < 1.29 is 31.5 Å². The molecule has 2 aromatic carbocycles. The average molecular weight is 977 g/mol.